The number of alkyl halides is 1. The Hall–Kier alpha value is -1.14. The zero-order valence-corrected chi connectivity index (χ0v) is 10.4. The standard InChI is InChI=1S/C9H8BrClN2O3/c10-7-5-6(13(15)16)1-2-8(7)12-9(14)3-4-11/h1-2,5H,3-4H2,(H,12,14). The van der Waals surface area contributed by atoms with Gasteiger partial charge in [0, 0.05) is 28.9 Å². The summed E-state index contributed by atoms with van der Waals surface area (Å²) in [6.45, 7) is 0. The van der Waals surface area contributed by atoms with Gasteiger partial charge in [-0.1, -0.05) is 0 Å². The first-order valence-electron chi connectivity index (χ1n) is 4.34. The molecule has 0 unspecified atom stereocenters. The zero-order valence-electron chi connectivity index (χ0n) is 8.07. The highest BCUT2D eigenvalue weighted by Crippen LogP contribution is 2.27. The Morgan fingerprint density at radius 3 is 2.75 bits per heavy atom. The van der Waals surface area contributed by atoms with E-state index in [-0.39, 0.29) is 23.9 Å². The number of nitrogens with one attached hydrogen (secondary N) is 1. The van der Waals surface area contributed by atoms with E-state index in [0.29, 0.717) is 10.2 Å². The van der Waals surface area contributed by atoms with Crippen molar-refractivity contribution in [2.45, 2.75) is 6.42 Å². The van der Waals surface area contributed by atoms with Crippen LogP contribution in [0.25, 0.3) is 0 Å². The number of nitro benzene ring substituents is 1. The van der Waals surface area contributed by atoms with E-state index in [1.165, 1.54) is 18.2 Å². The van der Waals surface area contributed by atoms with Gasteiger partial charge >= 0.3 is 0 Å². The number of hydrogen-bond acceptors (Lipinski definition) is 3. The maximum atomic E-state index is 11.2. The van der Waals surface area contributed by atoms with Crippen LogP contribution in [0, 0.1) is 10.1 Å². The van der Waals surface area contributed by atoms with Crippen molar-refractivity contribution in [3.63, 3.8) is 0 Å². The van der Waals surface area contributed by atoms with E-state index in [9.17, 15) is 14.9 Å². The summed E-state index contributed by atoms with van der Waals surface area (Å²) in [7, 11) is 0. The van der Waals surface area contributed by atoms with Crippen molar-refractivity contribution in [3.8, 4) is 0 Å². The number of nitrogens with zero attached hydrogens (tertiary/aromatic N) is 1. The van der Waals surface area contributed by atoms with Gasteiger partial charge in [-0.15, -0.1) is 11.6 Å². The van der Waals surface area contributed by atoms with Crippen LogP contribution in [-0.4, -0.2) is 16.7 Å². The molecular weight excluding hydrogens is 299 g/mol. The van der Waals surface area contributed by atoms with Crippen LogP contribution in [0.4, 0.5) is 11.4 Å². The van der Waals surface area contributed by atoms with Crippen molar-refractivity contribution < 1.29 is 9.72 Å². The van der Waals surface area contributed by atoms with E-state index >= 15 is 0 Å². The molecule has 86 valence electrons. The van der Waals surface area contributed by atoms with Crippen molar-refractivity contribution in [1.82, 2.24) is 0 Å². The lowest BCUT2D eigenvalue weighted by molar-refractivity contribution is -0.384. The lowest BCUT2D eigenvalue weighted by atomic mass is 10.3. The van der Waals surface area contributed by atoms with E-state index in [1.807, 2.05) is 0 Å². The lowest BCUT2D eigenvalue weighted by Crippen LogP contribution is -2.12. The third-order valence-electron chi connectivity index (χ3n) is 1.76. The summed E-state index contributed by atoms with van der Waals surface area (Å²) >= 11 is 8.55. The lowest BCUT2D eigenvalue weighted by Gasteiger charge is -2.05. The number of halogens is 2. The van der Waals surface area contributed by atoms with Gasteiger partial charge in [0.25, 0.3) is 5.69 Å². The van der Waals surface area contributed by atoms with E-state index in [0.717, 1.165) is 0 Å². The number of carbonyl (C=O) groups is 1. The van der Waals surface area contributed by atoms with Crippen LogP contribution < -0.4 is 5.32 Å². The number of amides is 1. The van der Waals surface area contributed by atoms with Crippen molar-refractivity contribution in [2.24, 2.45) is 0 Å². The van der Waals surface area contributed by atoms with Crippen LogP contribution in [0.2, 0.25) is 0 Å². The summed E-state index contributed by atoms with van der Waals surface area (Å²) in [5, 5.41) is 13.1. The molecule has 1 N–H and O–H groups in total. The van der Waals surface area contributed by atoms with Crippen LogP contribution in [0.3, 0.4) is 0 Å². The largest absolute Gasteiger partial charge is 0.325 e. The minimum Gasteiger partial charge on any atom is -0.325 e. The summed E-state index contributed by atoms with van der Waals surface area (Å²) in [6, 6.07) is 4.12. The van der Waals surface area contributed by atoms with Crippen LogP contribution in [0.1, 0.15) is 6.42 Å². The highest BCUT2D eigenvalue weighted by Gasteiger charge is 2.10. The number of anilines is 1. The molecule has 1 aromatic carbocycles. The van der Waals surface area contributed by atoms with Crippen LogP contribution in [0.15, 0.2) is 22.7 Å². The molecule has 1 rings (SSSR count). The number of rotatable bonds is 4. The number of hydrogen-bond donors (Lipinski definition) is 1. The SMILES string of the molecule is O=C(CCCl)Nc1ccc([N+](=O)[O-])cc1Br. The fourth-order valence-corrected chi connectivity index (χ4v) is 1.65. The number of non-ortho nitro benzene ring substituents is 1. The topological polar surface area (TPSA) is 72.2 Å². The maximum Gasteiger partial charge on any atom is 0.270 e. The molecule has 0 atom stereocenters. The van der Waals surface area contributed by atoms with E-state index < -0.39 is 4.92 Å². The average Bonchev–Trinajstić information content (AvgIpc) is 2.21. The van der Waals surface area contributed by atoms with E-state index in [4.69, 9.17) is 11.6 Å². The molecule has 0 aliphatic heterocycles. The molecule has 1 aromatic rings. The summed E-state index contributed by atoms with van der Waals surface area (Å²) in [5.41, 5.74) is 0.447. The molecule has 16 heavy (non-hydrogen) atoms. The van der Waals surface area contributed by atoms with Gasteiger partial charge in [-0.2, -0.15) is 0 Å². The highest BCUT2D eigenvalue weighted by atomic mass is 79.9. The van der Waals surface area contributed by atoms with Crippen molar-refractivity contribution in [3.05, 3.63) is 32.8 Å². The summed E-state index contributed by atoms with van der Waals surface area (Å²) < 4.78 is 0.463. The third-order valence-corrected chi connectivity index (χ3v) is 2.60. The third kappa shape index (κ3) is 3.46. The zero-order chi connectivity index (χ0) is 12.1. The molecule has 0 aliphatic rings. The molecule has 0 spiro atoms. The summed E-state index contributed by atoms with van der Waals surface area (Å²) in [5.74, 6) is 0.000678. The number of nitro groups is 1. The molecule has 7 heteroatoms. The quantitative estimate of drug-likeness (QED) is 0.528. The Kier molecular flexibility index (Phi) is 4.70. The summed E-state index contributed by atoms with van der Waals surface area (Å²) in [4.78, 5) is 21.2. The molecule has 5 nitrogen and oxygen atoms in total. The molecule has 1 amide bonds. The van der Waals surface area contributed by atoms with Gasteiger partial charge in [0.05, 0.1) is 10.6 Å². The number of carbonyl (C=O) groups excluding carboxylic acids is 1. The van der Waals surface area contributed by atoms with Crippen LogP contribution in [0.5, 0.6) is 0 Å². The van der Waals surface area contributed by atoms with Gasteiger partial charge in [-0.3, -0.25) is 14.9 Å². The predicted octanol–water partition coefficient (Wildman–Crippen LogP) is 2.92. The fourth-order valence-electron chi connectivity index (χ4n) is 1.02. The van der Waals surface area contributed by atoms with Crippen LogP contribution in [-0.2, 0) is 4.79 Å². The monoisotopic (exact) mass is 306 g/mol. The molecule has 0 saturated heterocycles. The predicted molar refractivity (Wildman–Crippen MR) is 64.8 cm³/mol. The van der Waals surface area contributed by atoms with Crippen molar-refractivity contribution in [2.75, 3.05) is 11.2 Å². The average molecular weight is 308 g/mol. The number of benzene rings is 1. The Morgan fingerprint density at radius 2 is 2.25 bits per heavy atom. The van der Waals surface area contributed by atoms with Gasteiger partial charge < -0.3 is 5.32 Å². The molecule has 0 aliphatic carbocycles. The second-order valence-electron chi connectivity index (χ2n) is 2.91. The van der Waals surface area contributed by atoms with Gasteiger partial charge in [0.2, 0.25) is 5.91 Å². The Bertz CT molecular complexity index is 425. The molecular formula is C9H8BrClN2O3. The minimum atomic E-state index is -0.505. The Balaban J connectivity index is 2.83. The first-order chi connectivity index (χ1) is 7.54. The second kappa shape index (κ2) is 5.81. The Labute approximate surface area is 105 Å². The molecule has 0 aromatic heterocycles. The van der Waals surface area contributed by atoms with E-state index in [2.05, 4.69) is 21.2 Å². The molecule has 0 saturated carbocycles. The smallest absolute Gasteiger partial charge is 0.270 e. The second-order valence-corrected chi connectivity index (χ2v) is 4.14. The minimum absolute atomic E-state index is 0.0396. The van der Waals surface area contributed by atoms with E-state index in [1.54, 1.807) is 0 Å². The van der Waals surface area contributed by atoms with Crippen molar-refractivity contribution >= 4 is 44.8 Å². The molecule has 0 bridgehead atoms. The summed E-state index contributed by atoms with van der Waals surface area (Å²) in [6.07, 6.45) is 0.199. The van der Waals surface area contributed by atoms with Crippen molar-refractivity contribution in [1.29, 1.82) is 0 Å². The highest BCUT2D eigenvalue weighted by molar-refractivity contribution is 9.10. The van der Waals surface area contributed by atoms with Gasteiger partial charge in [-0.05, 0) is 22.0 Å². The van der Waals surface area contributed by atoms with Gasteiger partial charge in [-0.25, -0.2) is 0 Å². The first kappa shape index (κ1) is 12.9. The maximum absolute atomic E-state index is 11.2. The van der Waals surface area contributed by atoms with Gasteiger partial charge in [0.15, 0.2) is 0 Å². The van der Waals surface area contributed by atoms with Crippen LogP contribution >= 0.6 is 27.5 Å². The normalized spacial score (nSPS) is 9.88. The Morgan fingerprint density at radius 1 is 1.56 bits per heavy atom. The molecule has 0 fully saturated rings. The molecule has 0 heterocycles. The van der Waals surface area contributed by atoms with Gasteiger partial charge in [0.1, 0.15) is 0 Å². The molecule has 0 radical (unpaired) electrons. The first-order valence-corrected chi connectivity index (χ1v) is 5.67. The fraction of sp³-hybridized carbons (Fsp3) is 0.222.